The van der Waals surface area contributed by atoms with E-state index < -0.39 is 0 Å². The molecule has 7 heteroatoms. The van der Waals surface area contributed by atoms with Gasteiger partial charge in [-0.2, -0.15) is 0 Å². The zero-order valence-corrected chi connectivity index (χ0v) is 16.3. The molecule has 7 nitrogen and oxygen atoms in total. The third-order valence-electron chi connectivity index (χ3n) is 4.56. The van der Waals surface area contributed by atoms with Crippen LogP contribution in [0.5, 0.6) is 11.5 Å². The molecule has 29 heavy (non-hydrogen) atoms. The SMILES string of the molecule is CCN(CC(=O)Nc1ccc2c(c1)OCCO2)C(=O)CCC(=O)c1ccccc1. The lowest BCUT2D eigenvalue weighted by atomic mass is 10.1. The molecule has 152 valence electrons. The highest BCUT2D eigenvalue weighted by Crippen LogP contribution is 2.32. The van der Waals surface area contributed by atoms with Gasteiger partial charge < -0.3 is 19.7 Å². The number of likely N-dealkylation sites (N-methyl/N-ethyl adjacent to an activating group) is 1. The number of nitrogens with one attached hydrogen (secondary N) is 1. The van der Waals surface area contributed by atoms with E-state index in [-0.39, 0.29) is 37.0 Å². The van der Waals surface area contributed by atoms with Crippen molar-refractivity contribution in [2.24, 2.45) is 0 Å². The van der Waals surface area contributed by atoms with Crippen LogP contribution < -0.4 is 14.8 Å². The lowest BCUT2D eigenvalue weighted by Gasteiger charge is -2.21. The van der Waals surface area contributed by atoms with Crippen LogP contribution in [0.3, 0.4) is 0 Å². The largest absolute Gasteiger partial charge is 0.486 e. The van der Waals surface area contributed by atoms with Crippen molar-refractivity contribution in [3.8, 4) is 11.5 Å². The Morgan fingerprint density at radius 3 is 2.41 bits per heavy atom. The van der Waals surface area contributed by atoms with E-state index in [2.05, 4.69) is 5.32 Å². The fourth-order valence-electron chi connectivity index (χ4n) is 3.02. The van der Waals surface area contributed by atoms with E-state index in [0.717, 1.165) is 0 Å². The van der Waals surface area contributed by atoms with Gasteiger partial charge in [0.25, 0.3) is 0 Å². The number of hydrogen-bond acceptors (Lipinski definition) is 5. The minimum absolute atomic E-state index is 0.0683. The number of anilines is 1. The second-order valence-electron chi connectivity index (χ2n) is 6.60. The second kappa shape index (κ2) is 9.73. The van der Waals surface area contributed by atoms with E-state index in [9.17, 15) is 14.4 Å². The number of nitrogens with zero attached hydrogens (tertiary/aromatic N) is 1. The molecule has 0 bridgehead atoms. The number of benzene rings is 2. The summed E-state index contributed by atoms with van der Waals surface area (Å²) in [5, 5.41) is 2.77. The second-order valence-corrected chi connectivity index (χ2v) is 6.60. The number of carbonyl (C=O) groups excluding carboxylic acids is 3. The molecule has 0 atom stereocenters. The molecular weight excluding hydrogens is 372 g/mol. The normalized spacial score (nSPS) is 12.2. The van der Waals surface area contributed by atoms with E-state index >= 15 is 0 Å². The number of Topliss-reactive ketones (excluding diaryl/α,β-unsaturated/α-hetero) is 1. The predicted octanol–water partition coefficient (Wildman–Crippen LogP) is 2.91. The van der Waals surface area contributed by atoms with E-state index in [4.69, 9.17) is 9.47 Å². The third kappa shape index (κ3) is 5.57. The summed E-state index contributed by atoms with van der Waals surface area (Å²) in [5.74, 6) is 0.593. The van der Waals surface area contributed by atoms with Crippen LogP contribution in [-0.2, 0) is 9.59 Å². The van der Waals surface area contributed by atoms with Crippen molar-refractivity contribution in [1.82, 2.24) is 4.90 Å². The zero-order chi connectivity index (χ0) is 20.6. The van der Waals surface area contributed by atoms with Gasteiger partial charge in [0.15, 0.2) is 17.3 Å². The Hall–Kier alpha value is -3.35. The van der Waals surface area contributed by atoms with Crippen molar-refractivity contribution >= 4 is 23.3 Å². The standard InChI is InChI=1S/C22H24N2O5/c1-2-24(22(27)11-9-18(25)16-6-4-3-5-7-16)15-21(26)23-17-8-10-19-20(14-17)29-13-12-28-19/h3-8,10,14H,2,9,11-13,15H2,1H3,(H,23,26). The molecule has 0 radical (unpaired) electrons. The predicted molar refractivity (Wildman–Crippen MR) is 108 cm³/mol. The fraction of sp³-hybridized carbons (Fsp3) is 0.318. The lowest BCUT2D eigenvalue weighted by molar-refractivity contribution is -0.134. The highest BCUT2D eigenvalue weighted by molar-refractivity contribution is 5.99. The van der Waals surface area contributed by atoms with E-state index in [0.29, 0.717) is 42.5 Å². The number of hydrogen-bond donors (Lipinski definition) is 1. The first kappa shape index (κ1) is 20.4. The van der Waals surface area contributed by atoms with E-state index in [1.165, 1.54) is 4.90 Å². The maximum atomic E-state index is 12.4. The van der Waals surface area contributed by atoms with Crippen LogP contribution in [0.1, 0.15) is 30.1 Å². The average molecular weight is 396 g/mol. The molecule has 2 aromatic rings. The molecule has 0 aromatic heterocycles. The first-order chi connectivity index (χ1) is 14.1. The minimum Gasteiger partial charge on any atom is -0.486 e. The van der Waals surface area contributed by atoms with Crippen molar-refractivity contribution < 1.29 is 23.9 Å². The molecule has 0 saturated carbocycles. The number of carbonyl (C=O) groups is 3. The Labute approximate surface area is 169 Å². The molecule has 0 saturated heterocycles. The Morgan fingerprint density at radius 1 is 0.966 bits per heavy atom. The van der Waals surface area contributed by atoms with Crippen LogP contribution in [0.2, 0.25) is 0 Å². The summed E-state index contributed by atoms with van der Waals surface area (Å²) >= 11 is 0. The Morgan fingerprint density at radius 2 is 1.69 bits per heavy atom. The van der Waals surface area contributed by atoms with Gasteiger partial charge in [0.2, 0.25) is 11.8 Å². The molecule has 1 aliphatic rings. The van der Waals surface area contributed by atoms with Crippen molar-refractivity contribution in [3.63, 3.8) is 0 Å². The topological polar surface area (TPSA) is 84.9 Å². The van der Waals surface area contributed by atoms with Crippen molar-refractivity contribution in [3.05, 3.63) is 54.1 Å². The van der Waals surface area contributed by atoms with Crippen molar-refractivity contribution in [2.45, 2.75) is 19.8 Å². The molecular formula is C22H24N2O5. The minimum atomic E-state index is -0.314. The van der Waals surface area contributed by atoms with Gasteiger partial charge in [0, 0.05) is 36.7 Å². The first-order valence-electron chi connectivity index (χ1n) is 9.62. The van der Waals surface area contributed by atoms with Gasteiger partial charge in [-0.15, -0.1) is 0 Å². The van der Waals surface area contributed by atoms with Crippen molar-refractivity contribution in [1.29, 1.82) is 0 Å². The molecule has 3 rings (SSSR count). The monoisotopic (exact) mass is 396 g/mol. The number of amides is 2. The number of rotatable bonds is 8. The molecule has 0 fully saturated rings. The van der Waals surface area contributed by atoms with Gasteiger partial charge in [-0.3, -0.25) is 14.4 Å². The Kier molecular flexibility index (Phi) is 6.84. The fourth-order valence-corrected chi connectivity index (χ4v) is 3.02. The van der Waals surface area contributed by atoms with Crippen LogP contribution >= 0.6 is 0 Å². The summed E-state index contributed by atoms with van der Waals surface area (Å²) in [6, 6.07) is 14.0. The molecule has 1 heterocycles. The van der Waals surface area contributed by atoms with Gasteiger partial charge in [-0.1, -0.05) is 30.3 Å². The zero-order valence-electron chi connectivity index (χ0n) is 16.3. The van der Waals surface area contributed by atoms with Crippen molar-refractivity contribution in [2.75, 3.05) is 31.6 Å². The molecule has 0 aliphatic carbocycles. The summed E-state index contributed by atoms with van der Waals surface area (Å²) in [6.45, 7) is 3.06. The molecule has 2 aromatic carbocycles. The first-order valence-corrected chi connectivity index (χ1v) is 9.62. The van der Waals surface area contributed by atoms with Crippen LogP contribution in [0.25, 0.3) is 0 Å². The Bertz CT molecular complexity index is 882. The van der Waals surface area contributed by atoms with Crippen LogP contribution in [0.15, 0.2) is 48.5 Å². The highest BCUT2D eigenvalue weighted by atomic mass is 16.6. The lowest BCUT2D eigenvalue weighted by Crippen LogP contribution is -2.38. The van der Waals surface area contributed by atoms with Gasteiger partial charge in [-0.05, 0) is 19.1 Å². The quantitative estimate of drug-likeness (QED) is 0.694. The third-order valence-corrected chi connectivity index (χ3v) is 4.56. The summed E-state index contributed by atoms with van der Waals surface area (Å²) < 4.78 is 11.0. The summed E-state index contributed by atoms with van der Waals surface area (Å²) in [7, 11) is 0. The molecule has 1 aliphatic heterocycles. The van der Waals surface area contributed by atoms with Crippen LogP contribution in [0, 0.1) is 0 Å². The molecule has 0 unspecified atom stereocenters. The number of ketones is 1. The molecule has 1 N–H and O–H groups in total. The number of fused-ring (bicyclic) bond motifs is 1. The smallest absolute Gasteiger partial charge is 0.243 e. The van der Waals surface area contributed by atoms with Gasteiger partial charge >= 0.3 is 0 Å². The van der Waals surface area contributed by atoms with Crippen LogP contribution in [0.4, 0.5) is 5.69 Å². The molecule has 0 spiro atoms. The van der Waals surface area contributed by atoms with E-state index in [1.807, 2.05) is 6.07 Å². The Balaban J connectivity index is 1.51. The maximum absolute atomic E-state index is 12.4. The van der Waals surface area contributed by atoms with Crippen LogP contribution in [-0.4, -0.2) is 48.8 Å². The molecule has 2 amide bonds. The maximum Gasteiger partial charge on any atom is 0.243 e. The van der Waals surface area contributed by atoms with E-state index in [1.54, 1.807) is 49.4 Å². The summed E-state index contributed by atoms with van der Waals surface area (Å²) in [4.78, 5) is 38.4. The summed E-state index contributed by atoms with van der Waals surface area (Å²) in [6.07, 6.45) is 0.183. The number of ether oxygens (including phenoxy) is 2. The van der Waals surface area contributed by atoms with Gasteiger partial charge in [0.1, 0.15) is 13.2 Å². The van der Waals surface area contributed by atoms with Gasteiger partial charge in [-0.25, -0.2) is 0 Å². The highest BCUT2D eigenvalue weighted by Gasteiger charge is 2.18. The summed E-state index contributed by atoms with van der Waals surface area (Å²) in [5.41, 5.74) is 1.15. The average Bonchev–Trinajstić information content (AvgIpc) is 2.76. The van der Waals surface area contributed by atoms with Gasteiger partial charge in [0.05, 0.1) is 6.54 Å².